The summed E-state index contributed by atoms with van der Waals surface area (Å²) < 4.78 is 0. The summed E-state index contributed by atoms with van der Waals surface area (Å²) >= 11 is 6.05. The number of carbonyl (C=O) groups is 1. The molecule has 1 atom stereocenters. The van der Waals surface area contributed by atoms with E-state index in [1.54, 1.807) is 0 Å². The van der Waals surface area contributed by atoms with E-state index in [4.69, 9.17) is 16.7 Å². The number of amides is 1. The Morgan fingerprint density at radius 2 is 2.25 bits per heavy atom. The first kappa shape index (κ1) is 15.3. The van der Waals surface area contributed by atoms with Gasteiger partial charge in [0.05, 0.1) is 5.41 Å². The number of hydrogen-bond donors (Lipinski definition) is 2. The Bertz CT molecular complexity index is 471. The number of aliphatic hydroxyl groups is 1. The van der Waals surface area contributed by atoms with Gasteiger partial charge in [-0.05, 0) is 43.4 Å². The fraction of sp³-hybridized carbons (Fsp3) is 0.562. The molecule has 0 heterocycles. The van der Waals surface area contributed by atoms with Gasteiger partial charge in [-0.1, -0.05) is 37.1 Å². The van der Waals surface area contributed by atoms with Crippen molar-refractivity contribution in [1.29, 1.82) is 0 Å². The molecule has 20 heavy (non-hydrogen) atoms. The number of rotatable bonds is 6. The minimum atomic E-state index is -0.423. The van der Waals surface area contributed by atoms with Crippen molar-refractivity contribution in [2.45, 2.75) is 50.5 Å². The molecule has 3 nitrogen and oxygen atoms in total. The Labute approximate surface area is 125 Å². The van der Waals surface area contributed by atoms with E-state index in [2.05, 4.69) is 5.32 Å². The summed E-state index contributed by atoms with van der Waals surface area (Å²) in [6, 6.07) is 7.65. The molecule has 1 aromatic rings. The molecule has 110 valence electrons. The van der Waals surface area contributed by atoms with Gasteiger partial charge < -0.3 is 10.4 Å². The molecule has 0 saturated heterocycles. The fourth-order valence-electron chi connectivity index (χ4n) is 2.82. The first-order valence-electron chi connectivity index (χ1n) is 7.30. The molecular weight excluding hydrogens is 274 g/mol. The number of carbonyl (C=O) groups excluding carboxylic acids is 1. The second kappa shape index (κ2) is 6.59. The van der Waals surface area contributed by atoms with E-state index < -0.39 is 5.41 Å². The predicted molar refractivity (Wildman–Crippen MR) is 80.9 cm³/mol. The van der Waals surface area contributed by atoms with Crippen molar-refractivity contribution < 1.29 is 9.90 Å². The lowest BCUT2D eigenvalue weighted by atomic mass is 9.63. The van der Waals surface area contributed by atoms with Crippen LogP contribution in [0, 0.1) is 0 Å². The summed E-state index contributed by atoms with van der Waals surface area (Å²) in [6.07, 6.45) is 4.24. The van der Waals surface area contributed by atoms with Crippen molar-refractivity contribution in [3.63, 3.8) is 0 Å². The summed E-state index contributed by atoms with van der Waals surface area (Å²) in [6.45, 7) is 2.12. The van der Waals surface area contributed by atoms with Gasteiger partial charge in [-0.25, -0.2) is 0 Å². The lowest BCUT2D eigenvalue weighted by molar-refractivity contribution is -0.130. The van der Waals surface area contributed by atoms with Crippen LogP contribution in [0.2, 0.25) is 5.02 Å². The SMILES string of the molecule is CCC(CCO)NC(=O)C1(c2cccc(Cl)c2)CCC1. The van der Waals surface area contributed by atoms with Crippen molar-refractivity contribution in [2.75, 3.05) is 6.61 Å². The van der Waals surface area contributed by atoms with Crippen LogP contribution < -0.4 is 5.32 Å². The highest BCUT2D eigenvalue weighted by molar-refractivity contribution is 6.30. The van der Waals surface area contributed by atoms with E-state index in [1.807, 2.05) is 31.2 Å². The van der Waals surface area contributed by atoms with Gasteiger partial charge in [-0.15, -0.1) is 0 Å². The fourth-order valence-corrected chi connectivity index (χ4v) is 3.01. The van der Waals surface area contributed by atoms with Gasteiger partial charge in [-0.3, -0.25) is 4.79 Å². The summed E-state index contributed by atoms with van der Waals surface area (Å²) in [5.41, 5.74) is 0.584. The lowest BCUT2D eigenvalue weighted by Gasteiger charge is -2.41. The maximum Gasteiger partial charge on any atom is 0.230 e. The Balaban J connectivity index is 2.16. The average molecular weight is 296 g/mol. The first-order chi connectivity index (χ1) is 9.62. The normalized spacial score (nSPS) is 18.1. The standard InChI is InChI=1S/C16H22ClNO2/c1-2-14(7-10-19)18-15(20)16(8-4-9-16)12-5-3-6-13(17)11-12/h3,5-6,11,14,19H,2,4,7-10H2,1H3,(H,18,20). The third-order valence-electron chi connectivity index (χ3n) is 4.32. The van der Waals surface area contributed by atoms with E-state index in [-0.39, 0.29) is 18.6 Å². The molecule has 1 aliphatic carbocycles. The molecule has 1 fully saturated rings. The van der Waals surface area contributed by atoms with E-state index >= 15 is 0 Å². The van der Waals surface area contributed by atoms with Crippen LogP contribution in [0.3, 0.4) is 0 Å². The molecule has 0 aromatic heterocycles. The monoisotopic (exact) mass is 295 g/mol. The molecule has 1 saturated carbocycles. The van der Waals surface area contributed by atoms with Crippen LogP contribution in [0.25, 0.3) is 0 Å². The molecule has 2 N–H and O–H groups in total. The highest BCUT2D eigenvalue weighted by Crippen LogP contribution is 2.44. The Morgan fingerprint density at radius 1 is 1.50 bits per heavy atom. The van der Waals surface area contributed by atoms with Crippen molar-refractivity contribution in [3.05, 3.63) is 34.9 Å². The molecule has 0 aliphatic heterocycles. The van der Waals surface area contributed by atoms with Crippen LogP contribution in [0.4, 0.5) is 0 Å². The second-order valence-electron chi connectivity index (χ2n) is 5.54. The van der Waals surface area contributed by atoms with Crippen molar-refractivity contribution in [3.8, 4) is 0 Å². The Morgan fingerprint density at radius 3 is 2.75 bits per heavy atom. The Kier molecular flexibility index (Phi) is 5.06. The number of halogens is 1. The van der Waals surface area contributed by atoms with Gasteiger partial charge in [-0.2, -0.15) is 0 Å². The molecule has 1 aromatic carbocycles. The minimum Gasteiger partial charge on any atom is -0.396 e. The largest absolute Gasteiger partial charge is 0.396 e. The van der Waals surface area contributed by atoms with Crippen LogP contribution >= 0.6 is 11.6 Å². The lowest BCUT2D eigenvalue weighted by Crippen LogP contribution is -2.52. The molecule has 1 amide bonds. The summed E-state index contributed by atoms with van der Waals surface area (Å²) in [5.74, 6) is 0.0753. The molecule has 4 heteroatoms. The first-order valence-corrected chi connectivity index (χ1v) is 7.68. The highest BCUT2D eigenvalue weighted by atomic mass is 35.5. The molecular formula is C16H22ClNO2. The zero-order valence-corrected chi connectivity index (χ0v) is 12.6. The van der Waals surface area contributed by atoms with Crippen molar-refractivity contribution in [1.82, 2.24) is 5.32 Å². The maximum absolute atomic E-state index is 12.7. The quantitative estimate of drug-likeness (QED) is 0.847. The van der Waals surface area contributed by atoms with Gasteiger partial charge in [0.15, 0.2) is 0 Å². The van der Waals surface area contributed by atoms with Crippen molar-refractivity contribution >= 4 is 17.5 Å². The highest BCUT2D eigenvalue weighted by Gasteiger charge is 2.45. The molecule has 0 spiro atoms. The van der Waals surface area contributed by atoms with Crippen LogP contribution in [-0.2, 0) is 10.2 Å². The van der Waals surface area contributed by atoms with Gasteiger partial charge in [0.2, 0.25) is 5.91 Å². The second-order valence-corrected chi connectivity index (χ2v) is 5.97. The number of hydrogen-bond acceptors (Lipinski definition) is 2. The number of benzene rings is 1. The molecule has 1 unspecified atom stereocenters. The maximum atomic E-state index is 12.7. The number of nitrogens with one attached hydrogen (secondary N) is 1. The summed E-state index contributed by atoms with van der Waals surface area (Å²) in [4.78, 5) is 12.7. The van der Waals surface area contributed by atoms with E-state index in [0.29, 0.717) is 11.4 Å². The van der Waals surface area contributed by atoms with Crippen LogP contribution in [0.15, 0.2) is 24.3 Å². The zero-order chi connectivity index (χ0) is 14.6. The van der Waals surface area contributed by atoms with E-state index in [1.165, 1.54) is 0 Å². The third kappa shape index (κ3) is 2.99. The third-order valence-corrected chi connectivity index (χ3v) is 4.56. The Hall–Kier alpha value is -1.06. The summed E-state index contributed by atoms with van der Waals surface area (Å²) in [7, 11) is 0. The predicted octanol–water partition coefficient (Wildman–Crippen LogP) is 3.04. The molecule has 0 bridgehead atoms. The van der Waals surface area contributed by atoms with Crippen LogP contribution in [0.1, 0.15) is 44.6 Å². The van der Waals surface area contributed by atoms with Gasteiger partial charge in [0.1, 0.15) is 0 Å². The van der Waals surface area contributed by atoms with Gasteiger partial charge in [0.25, 0.3) is 0 Å². The van der Waals surface area contributed by atoms with E-state index in [0.717, 1.165) is 31.2 Å². The minimum absolute atomic E-state index is 0.0455. The molecule has 1 aliphatic rings. The molecule has 0 radical (unpaired) electrons. The van der Waals surface area contributed by atoms with Crippen LogP contribution in [-0.4, -0.2) is 23.7 Å². The van der Waals surface area contributed by atoms with E-state index in [9.17, 15) is 4.79 Å². The van der Waals surface area contributed by atoms with Crippen LogP contribution in [0.5, 0.6) is 0 Å². The zero-order valence-electron chi connectivity index (χ0n) is 11.9. The topological polar surface area (TPSA) is 49.3 Å². The number of aliphatic hydroxyl groups excluding tert-OH is 1. The van der Waals surface area contributed by atoms with Crippen molar-refractivity contribution in [2.24, 2.45) is 0 Å². The summed E-state index contributed by atoms with van der Waals surface area (Å²) in [5, 5.41) is 12.8. The van der Waals surface area contributed by atoms with Gasteiger partial charge in [0, 0.05) is 17.7 Å². The average Bonchev–Trinajstić information content (AvgIpc) is 2.37. The smallest absolute Gasteiger partial charge is 0.230 e. The van der Waals surface area contributed by atoms with Gasteiger partial charge >= 0.3 is 0 Å². The molecule has 2 rings (SSSR count).